The van der Waals surface area contributed by atoms with Crippen LogP contribution in [0.25, 0.3) is 0 Å². The van der Waals surface area contributed by atoms with Gasteiger partial charge in [0.25, 0.3) is 0 Å². The number of hydrogen-bond donors (Lipinski definition) is 0. The summed E-state index contributed by atoms with van der Waals surface area (Å²) in [6, 6.07) is 18.0. The van der Waals surface area contributed by atoms with Crippen molar-refractivity contribution >= 4 is 109 Å². The monoisotopic (exact) mass is 1730 g/mol. The van der Waals surface area contributed by atoms with Gasteiger partial charge in [-0.05, 0) is 0 Å². The summed E-state index contributed by atoms with van der Waals surface area (Å²) in [4.78, 5) is 0. The van der Waals surface area contributed by atoms with Gasteiger partial charge in [-0.25, -0.2) is 13.7 Å². The van der Waals surface area contributed by atoms with Crippen molar-refractivity contribution in [2.75, 3.05) is 0 Å². The summed E-state index contributed by atoms with van der Waals surface area (Å²) in [6.07, 6.45) is 12.0. The van der Waals surface area contributed by atoms with Crippen molar-refractivity contribution in [1.29, 1.82) is 0 Å². The van der Waals surface area contributed by atoms with Gasteiger partial charge in [0, 0.05) is 92.9 Å². The van der Waals surface area contributed by atoms with Gasteiger partial charge in [-0.3, -0.25) is 0 Å². The minimum atomic E-state index is 0. The van der Waals surface area contributed by atoms with E-state index in [1.54, 1.807) is 0 Å². The molecular weight excluding hydrogens is 1710 g/mol. The van der Waals surface area contributed by atoms with Gasteiger partial charge in [-0.15, -0.1) is 0 Å². The normalized spacial score (nSPS) is 5.42. The number of rotatable bonds is 0. The first-order valence-corrected chi connectivity index (χ1v) is 14.6. The first-order chi connectivity index (χ1) is 12.2. The maximum absolute atomic E-state index is 2.75. The molecule has 212 valence electrons. The average Bonchev–Trinajstić information content (AvgIpc) is 2.68. The maximum Gasteiger partial charge on any atom is 3.00 e. The molecule has 4 radical (unpaired) electrons. The third-order valence-electron chi connectivity index (χ3n) is 2.59. The van der Waals surface area contributed by atoms with Crippen LogP contribution in [0.15, 0.2) is 91.8 Å². The Balaban J connectivity index is -0.0000000164. The van der Waals surface area contributed by atoms with Crippen molar-refractivity contribution in [3.63, 3.8) is 0 Å². The Morgan fingerprint density at radius 2 is 0.417 bits per heavy atom. The molecule has 3 aromatic heterocycles. The molecule has 0 aliphatic rings. The minimum Gasteiger partial charge on any atom is -1.00 e. The second-order valence-electron chi connectivity index (χ2n) is 4.62. The fourth-order valence-electron chi connectivity index (χ4n) is 1.45. The fourth-order valence-corrected chi connectivity index (χ4v) is 1.45. The third kappa shape index (κ3) is 67.3. The molecular formula is C18H24Bi2Br13N3. The van der Waals surface area contributed by atoms with E-state index in [0.29, 0.717) is 0 Å². The van der Waals surface area contributed by atoms with Crippen LogP contribution in [0.1, 0.15) is 0 Å². The molecule has 3 heterocycles. The van der Waals surface area contributed by atoms with Crippen LogP contribution in [0, 0.1) is 0 Å². The second kappa shape index (κ2) is 72.6. The Kier molecular flexibility index (Phi) is 169. The molecule has 0 spiro atoms. The largest absolute Gasteiger partial charge is 3.00 e. The summed E-state index contributed by atoms with van der Waals surface area (Å²) < 4.78 is 6.00. The van der Waals surface area contributed by atoms with Crippen molar-refractivity contribution in [2.24, 2.45) is 21.1 Å². The smallest absolute Gasteiger partial charge is 1.00 e. The van der Waals surface area contributed by atoms with E-state index in [9.17, 15) is 0 Å². The van der Waals surface area contributed by atoms with Crippen LogP contribution in [-0.2, 0) is 21.1 Å². The van der Waals surface area contributed by atoms with Crippen molar-refractivity contribution in [1.82, 2.24) is 0 Å². The predicted molar refractivity (Wildman–Crippen MR) is 130 cm³/mol. The van der Waals surface area contributed by atoms with Gasteiger partial charge in [0.1, 0.15) is 21.1 Å². The zero-order valence-corrected chi connectivity index (χ0v) is 46.4. The molecule has 0 unspecified atom stereocenters. The fraction of sp³-hybridized carbons (Fsp3) is 0.167. The van der Waals surface area contributed by atoms with E-state index in [1.807, 2.05) is 127 Å². The van der Waals surface area contributed by atoms with Crippen LogP contribution in [0.3, 0.4) is 0 Å². The number of halogens is 13. The van der Waals surface area contributed by atoms with Crippen LogP contribution in [0.5, 0.6) is 0 Å². The third-order valence-corrected chi connectivity index (χ3v) is 2.59. The summed E-state index contributed by atoms with van der Waals surface area (Å²) in [7, 11) is 6.00. The van der Waals surface area contributed by atoms with Crippen LogP contribution in [0.2, 0.25) is 0 Å². The Bertz CT molecular complexity index is 535. The standard InChI is InChI=1S/3C6H8N.2Bi.2Br2.9BrH/c3*1-7-5-3-2-4-6-7;;;2*1-2;;;;;;;;;/h3*2-6H,1H3;;;;;9*1H/q3*+1;2*+3;;;;;;;;;;;/p-9. The SMILES string of the molecule is BrBr.BrBr.C[n+]1ccccc1.C[n+]1ccccc1.C[n+]1ccccc1.[Bi+3].[Bi+3].[Br-].[Br-].[Br-].[Br-].[Br-].[Br-].[Br-].[Br-].[Br-]. The average molecular weight is 1740 g/mol. The van der Waals surface area contributed by atoms with E-state index in [4.69, 9.17) is 0 Å². The molecule has 36 heavy (non-hydrogen) atoms. The molecule has 0 amide bonds. The molecule has 3 aromatic rings. The van der Waals surface area contributed by atoms with Crippen molar-refractivity contribution in [3.8, 4) is 0 Å². The quantitative estimate of drug-likeness (QED) is 0.157. The summed E-state index contributed by atoms with van der Waals surface area (Å²) in [5, 5.41) is 0. The van der Waals surface area contributed by atoms with Gasteiger partial charge < -0.3 is 153 Å². The van der Waals surface area contributed by atoms with Crippen LogP contribution >= 0.6 is 56.5 Å². The molecule has 0 bridgehead atoms. The van der Waals surface area contributed by atoms with E-state index in [2.05, 4.69) is 56.5 Å². The number of aryl methyl sites for hydroxylation is 3. The van der Waals surface area contributed by atoms with Crippen LogP contribution < -0.4 is 167 Å². The summed E-state index contributed by atoms with van der Waals surface area (Å²) in [5.41, 5.74) is 0. The molecule has 0 atom stereocenters. The molecule has 3 nitrogen and oxygen atoms in total. The Hall–Kier alpha value is 5.46. The van der Waals surface area contributed by atoms with Gasteiger partial charge in [0.05, 0.1) is 0 Å². The molecule has 0 fully saturated rings. The zero-order valence-electron chi connectivity index (χ0n) is 18.8. The first kappa shape index (κ1) is 83.8. The number of hydrogen-bond acceptors (Lipinski definition) is 0. The maximum atomic E-state index is 2.75. The molecule has 18 heteroatoms. The van der Waals surface area contributed by atoms with E-state index in [-0.39, 0.29) is 205 Å². The molecule has 0 aliphatic carbocycles. The summed E-state index contributed by atoms with van der Waals surface area (Å²) >= 11 is 11.0. The van der Waals surface area contributed by atoms with Gasteiger partial charge in [0.15, 0.2) is 37.2 Å². The Morgan fingerprint density at radius 1 is 0.306 bits per heavy atom. The van der Waals surface area contributed by atoms with Gasteiger partial charge in [-0.1, -0.05) is 18.2 Å². The topological polar surface area (TPSA) is 11.6 Å². The van der Waals surface area contributed by atoms with Crippen LogP contribution in [0.4, 0.5) is 0 Å². The van der Waals surface area contributed by atoms with E-state index < -0.39 is 0 Å². The molecule has 0 aliphatic heterocycles. The molecule has 0 N–H and O–H groups in total. The van der Waals surface area contributed by atoms with Crippen molar-refractivity contribution < 1.29 is 167 Å². The molecule has 0 saturated carbocycles. The van der Waals surface area contributed by atoms with Crippen LogP contribution in [-0.4, -0.2) is 52.4 Å². The summed E-state index contributed by atoms with van der Waals surface area (Å²) in [6.45, 7) is 0. The molecule has 3 rings (SSSR count). The minimum absolute atomic E-state index is 0. The zero-order chi connectivity index (χ0) is 19.3. The van der Waals surface area contributed by atoms with Gasteiger partial charge in [-0.2, -0.15) is 0 Å². The molecule has 0 saturated heterocycles. The summed E-state index contributed by atoms with van der Waals surface area (Å²) in [5.74, 6) is 0. The van der Waals surface area contributed by atoms with E-state index >= 15 is 0 Å². The predicted octanol–water partition coefficient (Wildman–Crippen LogP) is -22.8. The number of aromatic nitrogens is 3. The molecule has 0 aromatic carbocycles. The number of nitrogens with zero attached hydrogens (tertiary/aromatic N) is 3. The number of pyridine rings is 3. The van der Waals surface area contributed by atoms with Crippen molar-refractivity contribution in [3.05, 3.63) is 91.8 Å². The van der Waals surface area contributed by atoms with Crippen molar-refractivity contribution in [2.45, 2.75) is 0 Å². The van der Waals surface area contributed by atoms with E-state index in [0.717, 1.165) is 0 Å². The van der Waals surface area contributed by atoms with Gasteiger partial charge >= 0.3 is 52.4 Å². The second-order valence-corrected chi connectivity index (χ2v) is 4.62. The first-order valence-electron chi connectivity index (χ1n) is 7.18. The Labute approximate surface area is 381 Å². The van der Waals surface area contributed by atoms with E-state index in [1.165, 1.54) is 0 Å². The van der Waals surface area contributed by atoms with Gasteiger partial charge in [0.2, 0.25) is 0 Å². The Morgan fingerprint density at radius 3 is 0.472 bits per heavy atom.